The topological polar surface area (TPSA) is 51.2 Å². The zero-order valence-corrected chi connectivity index (χ0v) is 14.9. The van der Waals surface area contributed by atoms with Crippen molar-refractivity contribution in [1.29, 1.82) is 0 Å². The van der Waals surface area contributed by atoms with Crippen LogP contribution in [0.3, 0.4) is 0 Å². The van der Waals surface area contributed by atoms with E-state index in [1.54, 1.807) is 18.3 Å². The molecule has 0 bridgehead atoms. The predicted octanol–water partition coefficient (Wildman–Crippen LogP) is 4.00. The Labute approximate surface area is 151 Å². The van der Waals surface area contributed by atoms with Gasteiger partial charge in [0.2, 0.25) is 5.91 Å². The van der Waals surface area contributed by atoms with Gasteiger partial charge in [-0.05, 0) is 30.3 Å². The Morgan fingerprint density at radius 3 is 2.88 bits per heavy atom. The number of rotatable bonds is 8. The van der Waals surface area contributed by atoms with Crippen LogP contribution in [-0.2, 0) is 17.1 Å². The molecule has 0 atom stereocenters. The number of hydrogen-bond acceptors (Lipinski definition) is 4. The second kappa shape index (κ2) is 9.58. The Balaban J connectivity index is 1.82. The van der Waals surface area contributed by atoms with E-state index in [1.165, 1.54) is 17.8 Å². The van der Waals surface area contributed by atoms with E-state index in [4.69, 9.17) is 0 Å². The number of amides is 1. The summed E-state index contributed by atoms with van der Waals surface area (Å²) in [4.78, 5) is 16.0. The van der Waals surface area contributed by atoms with E-state index in [-0.39, 0.29) is 24.0 Å². The van der Waals surface area contributed by atoms with Crippen LogP contribution in [-0.4, -0.2) is 23.3 Å². The van der Waals surface area contributed by atoms with Crippen LogP contribution in [0.15, 0.2) is 47.1 Å². The van der Waals surface area contributed by atoms with Crippen LogP contribution < -0.4 is 10.1 Å². The van der Waals surface area contributed by atoms with E-state index < -0.39 is 6.61 Å². The first-order valence-electron chi connectivity index (χ1n) is 7.02. The molecule has 0 fully saturated rings. The average Bonchev–Trinajstić information content (AvgIpc) is 2.55. The smallest absolute Gasteiger partial charge is 0.387 e. The van der Waals surface area contributed by atoms with E-state index in [0.29, 0.717) is 11.3 Å². The van der Waals surface area contributed by atoms with Gasteiger partial charge in [0.25, 0.3) is 0 Å². The summed E-state index contributed by atoms with van der Waals surface area (Å²) in [5, 5.41) is 2.70. The fourth-order valence-electron chi connectivity index (χ4n) is 1.87. The lowest BCUT2D eigenvalue weighted by molar-refractivity contribution is -0.118. The molecule has 1 amide bonds. The summed E-state index contributed by atoms with van der Waals surface area (Å²) in [5.74, 6) is 0.758. The lowest BCUT2D eigenvalue weighted by Gasteiger charge is -2.12. The molecule has 128 valence electrons. The monoisotopic (exact) mass is 416 g/mol. The minimum atomic E-state index is -2.91. The van der Waals surface area contributed by atoms with E-state index >= 15 is 0 Å². The Bertz CT molecular complexity index is 674. The van der Waals surface area contributed by atoms with Crippen molar-refractivity contribution < 1.29 is 18.3 Å². The molecule has 1 aromatic carbocycles. The van der Waals surface area contributed by atoms with E-state index in [9.17, 15) is 13.6 Å². The highest BCUT2D eigenvalue weighted by atomic mass is 79.9. The van der Waals surface area contributed by atoms with Gasteiger partial charge < -0.3 is 10.1 Å². The molecule has 0 aliphatic carbocycles. The van der Waals surface area contributed by atoms with E-state index in [2.05, 4.69) is 31.0 Å². The van der Waals surface area contributed by atoms with Gasteiger partial charge in [-0.1, -0.05) is 22.0 Å². The number of pyridine rings is 1. The molecular weight excluding hydrogens is 402 g/mol. The van der Waals surface area contributed by atoms with Crippen LogP contribution in [0.4, 0.5) is 8.78 Å². The molecule has 8 heteroatoms. The largest absolute Gasteiger partial charge is 0.434 e. The van der Waals surface area contributed by atoms with Gasteiger partial charge in [0, 0.05) is 28.5 Å². The second-order valence-corrected chi connectivity index (χ2v) is 6.62. The molecule has 24 heavy (non-hydrogen) atoms. The number of halogens is 3. The zero-order valence-electron chi connectivity index (χ0n) is 12.5. The van der Waals surface area contributed by atoms with Crippen molar-refractivity contribution in [2.45, 2.75) is 18.9 Å². The van der Waals surface area contributed by atoms with Gasteiger partial charge in [-0.3, -0.25) is 9.78 Å². The van der Waals surface area contributed by atoms with Gasteiger partial charge in [0.05, 0.1) is 11.4 Å². The third kappa shape index (κ3) is 6.45. The van der Waals surface area contributed by atoms with Crippen molar-refractivity contribution in [2.24, 2.45) is 0 Å². The van der Waals surface area contributed by atoms with Gasteiger partial charge in [0.1, 0.15) is 5.75 Å². The highest BCUT2D eigenvalue weighted by Crippen LogP contribution is 2.24. The summed E-state index contributed by atoms with van der Waals surface area (Å²) in [5.41, 5.74) is 1.38. The molecule has 0 radical (unpaired) electrons. The van der Waals surface area contributed by atoms with Crippen molar-refractivity contribution in [2.75, 3.05) is 5.75 Å². The molecule has 0 saturated carbocycles. The molecule has 0 saturated heterocycles. The number of hydrogen-bond donors (Lipinski definition) is 1. The van der Waals surface area contributed by atoms with Crippen molar-refractivity contribution >= 4 is 33.6 Å². The van der Waals surface area contributed by atoms with Crippen molar-refractivity contribution in [3.05, 3.63) is 58.3 Å². The molecule has 0 aliphatic heterocycles. The maximum absolute atomic E-state index is 12.4. The van der Waals surface area contributed by atoms with E-state index in [1.807, 2.05) is 18.2 Å². The first-order valence-corrected chi connectivity index (χ1v) is 8.97. The molecule has 1 heterocycles. The number of thioether (sulfide) groups is 1. The maximum Gasteiger partial charge on any atom is 0.387 e. The summed E-state index contributed by atoms with van der Waals surface area (Å²) in [6.07, 6.45) is 1.70. The second-order valence-electron chi connectivity index (χ2n) is 4.72. The normalized spacial score (nSPS) is 10.7. The third-order valence-corrected chi connectivity index (χ3v) is 4.38. The predicted molar refractivity (Wildman–Crippen MR) is 93.0 cm³/mol. The number of benzene rings is 1. The Hall–Kier alpha value is -1.67. The summed E-state index contributed by atoms with van der Waals surface area (Å²) < 4.78 is 30.0. The SMILES string of the molecule is O=C(CSCc1ccccn1)NCc1cc(Br)ccc1OC(F)F. The first-order chi connectivity index (χ1) is 11.5. The van der Waals surface area contributed by atoms with Crippen LogP contribution in [0.2, 0.25) is 0 Å². The number of carbonyl (C=O) groups excluding carboxylic acids is 1. The number of aromatic nitrogens is 1. The number of nitrogens with one attached hydrogen (secondary N) is 1. The zero-order chi connectivity index (χ0) is 17.4. The summed E-state index contributed by atoms with van der Waals surface area (Å²) in [6, 6.07) is 10.3. The van der Waals surface area contributed by atoms with Gasteiger partial charge in [-0.25, -0.2) is 0 Å². The number of ether oxygens (including phenoxy) is 1. The van der Waals surface area contributed by atoms with Gasteiger partial charge >= 0.3 is 6.61 Å². The highest BCUT2D eigenvalue weighted by Gasteiger charge is 2.11. The number of nitrogens with zero attached hydrogens (tertiary/aromatic N) is 1. The highest BCUT2D eigenvalue weighted by molar-refractivity contribution is 9.10. The van der Waals surface area contributed by atoms with Crippen molar-refractivity contribution in [1.82, 2.24) is 10.3 Å². The minimum Gasteiger partial charge on any atom is -0.434 e. The fraction of sp³-hybridized carbons (Fsp3) is 0.250. The maximum atomic E-state index is 12.4. The first kappa shape index (κ1) is 18.7. The third-order valence-electron chi connectivity index (χ3n) is 2.92. The molecule has 0 spiro atoms. The summed E-state index contributed by atoms with van der Waals surface area (Å²) in [7, 11) is 0. The molecule has 2 rings (SSSR count). The van der Waals surface area contributed by atoms with Gasteiger partial charge in [0.15, 0.2) is 0 Å². The number of alkyl halides is 2. The lowest BCUT2D eigenvalue weighted by atomic mass is 10.2. The fourth-order valence-corrected chi connectivity index (χ4v) is 3.05. The van der Waals surface area contributed by atoms with Crippen LogP contribution in [0.25, 0.3) is 0 Å². The van der Waals surface area contributed by atoms with E-state index in [0.717, 1.165) is 10.2 Å². The molecule has 2 aromatic rings. The Morgan fingerprint density at radius 1 is 1.33 bits per heavy atom. The van der Waals surface area contributed by atoms with Gasteiger partial charge in [-0.15, -0.1) is 11.8 Å². The molecule has 1 N–H and O–H groups in total. The van der Waals surface area contributed by atoms with Gasteiger partial charge in [-0.2, -0.15) is 8.78 Å². The standard InChI is InChI=1S/C16H15BrF2N2O2S/c17-12-4-5-14(23-16(18)19)11(7-12)8-21-15(22)10-24-9-13-3-1-2-6-20-13/h1-7,16H,8-10H2,(H,21,22). The Morgan fingerprint density at radius 2 is 2.17 bits per heavy atom. The molecule has 4 nitrogen and oxygen atoms in total. The summed E-state index contributed by atoms with van der Waals surface area (Å²) in [6.45, 7) is -2.79. The van der Waals surface area contributed by atoms with Crippen LogP contribution in [0, 0.1) is 0 Å². The van der Waals surface area contributed by atoms with Crippen LogP contribution in [0.5, 0.6) is 5.75 Å². The lowest BCUT2D eigenvalue weighted by Crippen LogP contribution is -2.25. The Kier molecular flexibility index (Phi) is 7.45. The summed E-state index contributed by atoms with van der Waals surface area (Å²) >= 11 is 4.70. The van der Waals surface area contributed by atoms with Crippen LogP contribution >= 0.6 is 27.7 Å². The van der Waals surface area contributed by atoms with Crippen LogP contribution in [0.1, 0.15) is 11.3 Å². The molecule has 0 unspecified atom stereocenters. The molecule has 0 aliphatic rings. The van der Waals surface area contributed by atoms with Crippen molar-refractivity contribution in [3.8, 4) is 5.75 Å². The molecule has 1 aromatic heterocycles. The average molecular weight is 417 g/mol. The minimum absolute atomic E-state index is 0.0506. The number of carbonyl (C=O) groups is 1. The molecular formula is C16H15BrF2N2O2S. The van der Waals surface area contributed by atoms with Crippen molar-refractivity contribution in [3.63, 3.8) is 0 Å². The quantitative estimate of drug-likeness (QED) is 0.706.